The van der Waals surface area contributed by atoms with E-state index in [1.165, 1.54) is 11.3 Å². The third-order valence-corrected chi connectivity index (χ3v) is 5.24. The molecule has 0 bridgehead atoms. The van der Waals surface area contributed by atoms with E-state index in [9.17, 15) is 4.79 Å². The third-order valence-electron chi connectivity index (χ3n) is 4.20. The summed E-state index contributed by atoms with van der Waals surface area (Å²) < 4.78 is 11.8. The van der Waals surface area contributed by atoms with Crippen LogP contribution in [0.3, 0.4) is 0 Å². The second-order valence-electron chi connectivity index (χ2n) is 6.05. The number of nitrogens with zero attached hydrogens (tertiary/aromatic N) is 2. The second-order valence-corrected chi connectivity index (χ2v) is 7.06. The molecule has 28 heavy (non-hydrogen) atoms. The van der Waals surface area contributed by atoms with E-state index in [-0.39, 0.29) is 5.91 Å². The molecule has 1 amide bonds. The maximum Gasteiger partial charge on any atom is 0.253 e. The van der Waals surface area contributed by atoms with Crippen molar-refractivity contribution in [3.05, 3.63) is 84.3 Å². The molecule has 0 spiro atoms. The smallest absolute Gasteiger partial charge is 0.253 e. The average molecular weight is 390 g/mol. The Hall–Kier alpha value is -3.38. The number of amides is 1. The molecule has 0 fully saturated rings. The molecule has 0 saturated carbocycles. The fourth-order valence-corrected chi connectivity index (χ4v) is 3.80. The van der Waals surface area contributed by atoms with Crippen molar-refractivity contribution in [1.29, 1.82) is 0 Å². The summed E-state index contributed by atoms with van der Waals surface area (Å²) in [6.07, 6.45) is 4.95. The van der Waals surface area contributed by atoms with E-state index < -0.39 is 0 Å². The number of benzene rings is 2. The number of hydrogen-bond donors (Lipinski definition) is 0. The molecule has 0 aliphatic rings. The van der Waals surface area contributed by atoms with Gasteiger partial charge in [-0.3, -0.25) is 9.69 Å². The largest absolute Gasteiger partial charge is 0.494 e. The number of thiazole rings is 1. The van der Waals surface area contributed by atoms with Gasteiger partial charge in [-0.05, 0) is 35.9 Å². The van der Waals surface area contributed by atoms with Gasteiger partial charge >= 0.3 is 0 Å². The number of methoxy groups -OCH3 is 1. The predicted molar refractivity (Wildman–Crippen MR) is 112 cm³/mol. The van der Waals surface area contributed by atoms with Gasteiger partial charge in [0.15, 0.2) is 5.13 Å². The molecule has 4 aromatic rings. The predicted octanol–water partition coefficient (Wildman–Crippen LogP) is 5.14. The molecule has 6 heteroatoms. The number of fused-ring (bicyclic) bond motifs is 1. The first-order valence-electron chi connectivity index (χ1n) is 8.75. The molecule has 0 aliphatic heterocycles. The number of rotatable bonds is 6. The Bertz CT molecular complexity index is 1100. The highest BCUT2D eigenvalue weighted by molar-refractivity contribution is 7.22. The molecule has 0 radical (unpaired) electrons. The first kappa shape index (κ1) is 18.0. The van der Waals surface area contributed by atoms with Gasteiger partial charge in [-0.1, -0.05) is 47.7 Å². The maximum absolute atomic E-state index is 13.0. The van der Waals surface area contributed by atoms with Gasteiger partial charge in [-0.2, -0.15) is 0 Å². The highest BCUT2D eigenvalue weighted by Crippen LogP contribution is 2.34. The Morgan fingerprint density at radius 1 is 1.14 bits per heavy atom. The number of hydrogen-bond acceptors (Lipinski definition) is 5. The van der Waals surface area contributed by atoms with E-state index in [1.54, 1.807) is 36.5 Å². The number of para-hydroxylation sites is 1. The van der Waals surface area contributed by atoms with Gasteiger partial charge in [-0.15, -0.1) is 0 Å². The van der Waals surface area contributed by atoms with Crippen LogP contribution >= 0.6 is 11.3 Å². The summed E-state index contributed by atoms with van der Waals surface area (Å²) in [5.41, 5.74) is 1.70. The van der Waals surface area contributed by atoms with Crippen molar-refractivity contribution in [2.45, 2.75) is 6.54 Å². The quantitative estimate of drug-likeness (QED) is 0.428. The summed E-state index contributed by atoms with van der Waals surface area (Å²) in [7, 11) is 1.61. The molecule has 2 aromatic carbocycles. The number of ether oxygens (including phenoxy) is 1. The van der Waals surface area contributed by atoms with Crippen molar-refractivity contribution in [3.63, 3.8) is 0 Å². The summed E-state index contributed by atoms with van der Waals surface area (Å²) in [6.45, 7) is 0.299. The molecule has 2 heterocycles. The van der Waals surface area contributed by atoms with Crippen LogP contribution in [0.15, 0.2) is 77.4 Å². The normalized spacial score (nSPS) is 11.2. The second kappa shape index (κ2) is 8.10. The minimum atomic E-state index is -0.168. The molecule has 0 atom stereocenters. The van der Waals surface area contributed by atoms with Gasteiger partial charge in [-0.25, -0.2) is 4.98 Å². The van der Waals surface area contributed by atoms with E-state index in [4.69, 9.17) is 9.15 Å². The SMILES string of the molecule is COc1cccc2sc(N(Cc3ccco3)C(=O)/C=C/c3ccccc3)nc12. The van der Waals surface area contributed by atoms with E-state index in [1.807, 2.05) is 54.6 Å². The number of aromatic nitrogens is 1. The van der Waals surface area contributed by atoms with Crippen LogP contribution in [-0.4, -0.2) is 18.0 Å². The first-order valence-corrected chi connectivity index (χ1v) is 9.57. The summed E-state index contributed by atoms with van der Waals surface area (Å²) in [6, 6.07) is 19.1. The van der Waals surface area contributed by atoms with Crippen LogP contribution in [0, 0.1) is 0 Å². The van der Waals surface area contributed by atoms with E-state index in [0.717, 1.165) is 15.8 Å². The van der Waals surface area contributed by atoms with E-state index in [2.05, 4.69) is 4.98 Å². The lowest BCUT2D eigenvalue weighted by Gasteiger charge is -2.16. The molecule has 140 valence electrons. The molecule has 0 N–H and O–H groups in total. The lowest BCUT2D eigenvalue weighted by Crippen LogP contribution is -2.28. The Balaban J connectivity index is 1.69. The number of anilines is 1. The van der Waals surface area contributed by atoms with Crippen LogP contribution < -0.4 is 9.64 Å². The molecule has 0 unspecified atom stereocenters. The molecule has 5 nitrogen and oxygen atoms in total. The Morgan fingerprint density at radius 2 is 2.00 bits per heavy atom. The Morgan fingerprint density at radius 3 is 2.75 bits per heavy atom. The highest BCUT2D eigenvalue weighted by atomic mass is 32.1. The first-order chi connectivity index (χ1) is 13.7. The minimum Gasteiger partial charge on any atom is -0.494 e. The van der Waals surface area contributed by atoms with Crippen molar-refractivity contribution in [2.24, 2.45) is 0 Å². The fourth-order valence-electron chi connectivity index (χ4n) is 2.81. The topological polar surface area (TPSA) is 55.6 Å². The van der Waals surface area contributed by atoms with Crippen LogP contribution in [0.25, 0.3) is 16.3 Å². The number of carbonyl (C=O) groups excluding carboxylic acids is 1. The lowest BCUT2D eigenvalue weighted by molar-refractivity contribution is -0.114. The van der Waals surface area contributed by atoms with Crippen LogP contribution in [0.4, 0.5) is 5.13 Å². The molecule has 0 saturated heterocycles. The summed E-state index contributed by atoms with van der Waals surface area (Å²) in [5, 5.41) is 0.596. The van der Waals surface area contributed by atoms with Crippen molar-refractivity contribution in [3.8, 4) is 5.75 Å². The van der Waals surface area contributed by atoms with Crippen LogP contribution in [-0.2, 0) is 11.3 Å². The molecule has 4 rings (SSSR count). The van der Waals surface area contributed by atoms with Gasteiger partial charge in [0.2, 0.25) is 0 Å². The van der Waals surface area contributed by atoms with Crippen molar-refractivity contribution in [1.82, 2.24) is 4.98 Å². The van der Waals surface area contributed by atoms with Gasteiger partial charge < -0.3 is 9.15 Å². The zero-order chi connectivity index (χ0) is 19.3. The Labute approximate surface area is 166 Å². The van der Waals surface area contributed by atoms with Gasteiger partial charge in [0.1, 0.15) is 17.0 Å². The standard InChI is InChI=1S/C22H18N2O3S/c1-26-18-10-5-11-19-21(18)23-22(28-19)24(15-17-9-6-14-27-17)20(25)13-12-16-7-3-2-4-8-16/h2-14H,15H2,1H3/b13-12+. The van der Waals surface area contributed by atoms with Gasteiger partial charge in [0.25, 0.3) is 5.91 Å². The number of furan rings is 1. The van der Waals surface area contributed by atoms with E-state index in [0.29, 0.717) is 23.2 Å². The van der Waals surface area contributed by atoms with E-state index >= 15 is 0 Å². The lowest BCUT2D eigenvalue weighted by atomic mass is 10.2. The summed E-state index contributed by atoms with van der Waals surface area (Å²) in [4.78, 5) is 19.3. The van der Waals surface area contributed by atoms with Crippen LogP contribution in [0.5, 0.6) is 5.75 Å². The minimum absolute atomic E-state index is 0.168. The number of carbonyl (C=O) groups is 1. The van der Waals surface area contributed by atoms with Crippen molar-refractivity contribution >= 4 is 38.7 Å². The molecular weight excluding hydrogens is 372 g/mol. The highest BCUT2D eigenvalue weighted by Gasteiger charge is 2.20. The Kier molecular flexibility index (Phi) is 5.21. The fraction of sp³-hybridized carbons (Fsp3) is 0.0909. The molecular formula is C22H18N2O3S. The maximum atomic E-state index is 13.0. The molecule has 2 aromatic heterocycles. The van der Waals surface area contributed by atoms with Crippen LogP contribution in [0.2, 0.25) is 0 Å². The summed E-state index contributed by atoms with van der Waals surface area (Å²) >= 11 is 1.45. The zero-order valence-electron chi connectivity index (χ0n) is 15.2. The summed E-state index contributed by atoms with van der Waals surface area (Å²) in [5.74, 6) is 1.20. The average Bonchev–Trinajstić information content (AvgIpc) is 3.40. The van der Waals surface area contributed by atoms with Gasteiger partial charge in [0.05, 0.1) is 24.6 Å². The molecule has 0 aliphatic carbocycles. The third kappa shape index (κ3) is 3.82. The van der Waals surface area contributed by atoms with Crippen molar-refractivity contribution < 1.29 is 13.9 Å². The van der Waals surface area contributed by atoms with Crippen molar-refractivity contribution in [2.75, 3.05) is 12.0 Å². The zero-order valence-corrected chi connectivity index (χ0v) is 16.1. The van der Waals surface area contributed by atoms with Crippen LogP contribution in [0.1, 0.15) is 11.3 Å². The van der Waals surface area contributed by atoms with Gasteiger partial charge in [0, 0.05) is 6.08 Å². The monoisotopic (exact) mass is 390 g/mol.